The number of hydrogen-bond donors (Lipinski definition) is 1. The SMILES string of the molecule is CC[C@@H](C)NC(=O)[C@H](CC)N(Cc1ccccc1)C(=O)CN(c1cc(C)ccc1C)S(=O)(=O)c1ccc(C)cc1. The van der Waals surface area contributed by atoms with Gasteiger partial charge in [-0.3, -0.25) is 13.9 Å². The molecule has 214 valence electrons. The van der Waals surface area contributed by atoms with Crippen LogP contribution in [-0.2, 0) is 26.2 Å². The van der Waals surface area contributed by atoms with Crippen molar-refractivity contribution in [3.63, 3.8) is 0 Å². The van der Waals surface area contributed by atoms with Crippen LogP contribution in [0.15, 0.2) is 77.7 Å². The minimum Gasteiger partial charge on any atom is -0.352 e. The molecule has 0 radical (unpaired) electrons. The van der Waals surface area contributed by atoms with Gasteiger partial charge in [0.25, 0.3) is 10.0 Å². The van der Waals surface area contributed by atoms with Gasteiger partial charge >= 0.3 is 0 Å². The molecular formula is C32H41N3O4S. The van der Waals surface area contributed by atoms with Crippen molar-refractivity contribution >= 4 is 27.5 Å². The molecule has 7 nitrogen and oxygen atoms in total. The summed E-state index contributed by atoms with van der Waals surface area (Å²) in [4.78, 5) is 29.1. The molecule has 2 amide bonds. The first-order valence-corrected chi connectivity index (χ1v) is 15.2. The van der Waals surface area contributed by atoms with Crippen molar-refractivity contribution in [2.75, 3.05) is 10.8 Å². The van der Waals surface area contributed by atoms with E-state index in [2.05, 4.69) is 5.32 Å². The van der Waals surface area contributed by atoms with Crippen LogP contribution < -0.4 is 9.62 Å². The number of carbonyl (C=O) groups is 2. The minimum atomic E-state index is -4.10. The van der Waals surface area contributed by atoms with Gasteiger partial charge in [-0.2, -0.15) is 0 Å². The molecule has 0 spiro atoms. The number of hydrogen-bond acceptors (Lipinski definition) is 4. The van der Waals surface area contributed by atoms with Gasteiger partial charge in [-0.25, -0.2) is 8.42 Å². The van der Waals surface area contributed by atoms with Crippen molar-refractivity contribution in [1.29, 1.82) is 0 Å². The highest BCUT2D eigenvalue weighted by Gasteiger charge is 2.34. The predicted molar refractivity (Wildman–Crippen MR) is 161 cm³/mol. The number of rotatable bonds is 12. The van der Waals surface area contributed by atoms with Crippen molar-refractivity contribution in [2.45, 2.75) is 77.9 Å². The lowest BCUT2D eigenvalue weighted by Crippen LogP contribution is -2.53. The Labute approximate surface area is 239 Å². The van der Waals surface area contributed by atoms with Gasteiger partial charge in [-0.1, -0.05) is 74.0 Å². The Morgan fingerprint density at radius 1 is 0.850 bits per heavy atom. The van der Waals surface area contributed by atoms with Crippen LogP contribution in [0.5, 0.6) is 0 Å². The first-order chi connectivity index (χ1) is 19.0. The molecule has 0 saturated heterocycles. The maximum atomic E-state index is 14.2. The molecular weight excluding hydrogens is 522 g/mol. The van der Waals surface area contributed by atoms with Crippen LogP contribution in [0, 0.1) is 20.8 Å². The molecule has 3 rings (SSSR count). The molecule has 1 N–H and O–H groups in total. The van der Waals surface area contributed by atoms with E-state index in [1.807, 2.05) is 84.0 Å². The number of nitrogens with one attached hydrogen (secondary N) is 1. The van der Waals surface area contributed by atoms with E-state index in [9.17, 15) is 18.0 Å². The van der Waals surface area contributed by atoms with Crippen LogP contribution >= 0.6 is 0 Å². The summed E-state index contributed by atoms with van der Waals surface area (Å²) in [6, 6.07) is 20.8. The normalized spacial score (nSPS) is 12.8. The molecule has 3 aromatic carbocycles. The van der Waals surface area contributed by atoms with Gasteiger partial charge in [0.2, 0.25) is 11.8 Å². The molecule has 3 aromatic rings. The Hall–Kier alpha value is -3.65. The van der Waals surface area contributed by atoms with E-state index in [1.165, 1.54) is 9.21 Å². The number of aryl methyl sites for hydroxylation is 3. The van der Waals surface area contributed by atoms with Crippen LogP contribution in [0.2, 0.25) is 0 Å². The van der Waals surface area contributed by atoms with Crippen molar-refractivity contribution < 1.29 is 18.0 Å². The second kappa shape index (κ2) is 13.6. The number of carbonyl (C=O) groups excluding carboxylic acids is 2. The first kappa shape index (κ1) is 30.9. The molecule has 0 aromatic heterocycles. The molecule has 0 fully saturated rings. The van der Waals surface area contributed by atoms with Crippen LogP contribution in [0.1, 0.15) is 55.9 Å². The highest BCUT2D eigenvalue weighted by Crippen LogP contribution is 2.29. The maximum Gasteiger partial charge on any atom is 0.264 e. The average molecular weight is 564 g/mol. The Morgan fingerprint density at radius 3 is 2.08 bits per heavy atom. The summed E-state index contributed by atoms with van der Waals surface area (Å²) in [5.74, 6) is -0.701. The predicted octanol–water partition coefficient (Wildman–Crippen LogP) is 5.53. The number of benzene rings is 3. The molecule has 0 heterocycles. The maximum absolute atomic E-state index is 14.2. The first-order valence-electron chi connectivity index (χ1n) is 13.8. The van der Waals surface area contributed by atoms with E-state index < -0.39 is 28.5 Å². The van der Waals surface area contributed by atoms with E-state index >= 15 is 0 Å². The lowest BCUT2D eigenvalue weighted by atomic mass is 10.1. The van der Waals surface area contributed by atoms with Gasteiger partial charge in [0.15, 0.2) is 0 Å². The fraction of sp³-hybridized carbons (Fsp3) is 0.375. The van der Waals surface area contributed by atoms with Crippen molar-refractivity contribution in [2.24, 2.45) is 0 Å². The Kier molecular flexibility index (Phi) is 10.5. The number of sulfonamides is 1. The average Bonchev–Trinajstić information content (AvgIpc) is 2.93. The van der Waals surface area contributed by atoms with Gasteiger partial charge in [0, 0.05) is 12.6 Å². The molecule has 0 aliphatic heterocycles. The standard InChI is InChI=1S/C32H41N3O4S/c1-7-26(6)33-32(37)29(8-2)34(21-27-12-10-9-11-13-27)31(36)22-35(30-20-24(4)14-17-25(30)5)40(38,39)28-18-15-23(3)16-19-28/h9-20,26,29H,7-8,21-22H2,1-6H3,(H,33,37)/t26-,29+/m1/s1. The second-order valence-electron chi connectivity index (χ2n) is 10.4. The van der Waals surface area contributed by atoms with Gasteiger partial charge in [0.05, 0.1) is 10.6 Å². The molecule has 0 bridgehead atoms. The summed E-state index contributed by atoms with van der Waals surface area (Å²) in [7, 11) is -4.10. The summed E-state index contributed by atoms with van der Waals surface area (Å²) < 4.78 is 29.3. The van der Waals surface area contributed by atoms with Crippen molar-refractivity contribution in [3.8, 4) is 0 Å². The van der Waals surface area contributed by atoms with Crippen LogP contribution in [0.4, 0.5) is 5.69 Å². The Morgan fingerprint density at radius 2 is 1.48 bits per heavy atom. The smallest absolute Gasteiger partial charge is 0.264 e. The number of anilines is 1. The molecule has 0 aliphatic carbocycles. The fourth-order valence-corrected chi connectivity index (χ4v) is 5.95. The van der Waals surface area contributed by atoms with Gasteiger partial charge in [0.1, 0.15) is 12.6 Å². The highest BCUT2D eigenvalue weighted by atomic mass is 32.2. The van der Waals surface area contributed by atoms with Crippen molar-refractivity contribution in [3.05, 3.63) is 95.1 Å². The Balaban J connectivity index is 2.09. The molecule has 40 heavy (non-hydrogen) atoms. The Bertz CT molecular complexity index is 1410. The van der Waals surface area contributed by atoms with Crippen LogP contribution in [-0.4, -0.2) is 43.8 Å². The fourth-order valence-electron chi connectivity index (χ4n) is 4.48. The summed E-state index contributed by atoms with van der Waals surface area (Å²) in [5, 5.41) is 3.00. The summed E-state index contributed by atoms with van der Waals surface area (Å²) in [6.07, 6.45) is 1.14. The molecule has 8 heteroatoms. The monoisotopic (exact) mass is 563 g/mol. The third-order valence-electron chi connectivity index (χ3n) is 7.10. The van der Waals surface area contributed by atoms with Gasteiger partial charge in [-0.05, 0) is 75.4 Å². The summed E-state index contributed by atoms with van der Waals surface area (Å²) >= 11 is 0. The minimum absolute atomic E-state index is 0.0522. The van der Waals surface area contributed by atoms with Crippen LogP contribution in [0.3, 0.4) is 0 Å². The van der Waals surface area contributed by atoms with Crippen molar-refractivity contribution in [1.82, 2.24) is 10.2 Å². The number of amides is 2. The quantitative estimate of drug-likeness (QED) is 0.314. The van der Waals surface area contributed by atoms with Gasteiger partial charge in [-0.15, -0.1) is 0 Å². The highest BCUT2D eigenvalue weighted by molar-refractivity contribution is 7.92. The third-order valence-corrected chi connectivity index (χ3v) is 8.88. The lowest BCUT2D eigenvalue weighted by molar-refractivity contribution is -0.140. The third kappa shape index (κ3) is 7.50. The van der Waals surface area contributed by atoms with E-state index in [0.29, 0.717) is 12.1 Å². The molecule has 0 saturated carbocycles. The van der Waals surface area contributed by atoms with E-state index in [4.69, 9.17) is 0 Å². The van der Waals surface area contributed by atoms with E-state index in [0.717, 1.165) is 28.7 Å². The summed E-state index contributed by atoms with van der Waals surface area (Å²) in [5.41, 5.74) is 3.82. The largest absolute Gasteiger partial charge is 0.352 e. The molecule has 0 aliphatic rings. The molecule has 0 unspecified atom stereocenters. The van der Waals surface area contributed by atoms with Gasteiger partial charge < -0.3 is 10.2 Å². The second-order valence-corrected chi connectivity index (χ2v) is 12.2. The van der Waals surface area contributed by atoms with E-state index in [1.54, 1.807) is 30.3 Å². The van der Waals surface area contributed by atoms with E-state index in [-0.39, 0.29) is 23.4 Å². The zero-order valence-electron chi connectivity index (χ0n) is 24.3. The zero-order valence-corrected chi connectivity index (χ0v) is 25.2. The molecule has 2 atom stereocenters. The topological polar surface area (TPSA) is 86.8 Å². The zero-order chi connectivity index (χ0) is 29.4. The summed E-state index contributed by atoms with van der Waals surface area (Å²) in [6.45, 7) is 11.1. The number of nitrogens with zero attached hydrogens (tertiary/aromatic N) is 2. The lowest BCUT2D eigenvalue weighted by Gasteiger charge is -2.34. The van der Waals surface area contributed by atoms with Crippen LogP contribution in [0.25, 0.3) is 0 Å².